The molecule has 0 aliphatic rings. The van der Waals surface area contributed by atoms with Crippen LogP contribution in [0.5, 0.6) is 11.5 Å². The second kappa shape index (κ2) is 8.37. The van der Waals surface area contributed by atoms with E-state index in [9.17, 15) is 9.59 Å². The van der Waals surface area contributed by atoms with E-state index >= 15 is 0 Å². The first kappa shape index (κ1) is 17.8. The maximum absolute atomic E-state index is 12.2. The summed E-state index contributed by atoms with van der Waals surface area (Å²) in [7, 11) is 1.56. The average Bonchev–Trinajstić information content (AvgIpc) is 3.12. The Morgan fingerprint density at radius 1 is 0.962 bits per heavy atom. The summed E-state index contributed by atoms with van der Waals surface area (Å²) >= 11 is 1.32. The standard InChI is InChI=1S/C19H15NO5S/c1-23-11-17-20-16(12-26-17)19(22)25-15-9-5-8-14(10-15)24-18(21)13-6-3-2-4-7-13/h2-10,12H,11H2,1H3. The highest BCUT2D eigenvalue weighted by Gasteiger charge is 2.14. The molecule has 1 heterocycles. The summed E-state index contributed by atoms with van der Waals surface area (Å²) < 4.78 is 15.6. The lowest BCUT2D eigenvalue weighted by molar-refractivity contribution is 0.0728. The molecule has 6 nitrogen and oxygen atoms in total. The van der Waals surface area contributed by atoms with Crippen LogP contribution in [0, 0.1) is 0 Å². The van der Waals surface area contributed by atoms with Crippen molar-refractivity contribution >= 4 is 23.3 Å². The third-order valence-electron chi connectivity index (χ3n) is 3.26. The molecule has 0 radical (unpaired) electrons. The number of ether oxygens (including phenoxy) is 3. The molecular formula is C19H15NO5S. The average molecular weight is 369 g/mol. The smallest absolute Gasteiger partial charge is 0.363 e. The van der Waals surface area contributed by atoms with E-state index in [0.717, 1.165) is 0 Å². The topological polar surface area (TPSA) is 74.7 Å². The molecule has 0 unspecified atom stereocenters. The maximum Gasteiger partial charge on any atom is 0.363 e. The van der Waals surface area contributed by atoms with Gasteiger partial charge in [0.1, 0.15) is 16.5 Å². The lowest BCUT2D eigenvalue weighted by Crippen LogP contribution is -2.10. The number of carbonyl (C=O) groups is 2. The lowest BCUT2D eigenvalue weighted by atomic mass is 10.2. The summed E-state index contributed by atoms with van der Waals surface area (Å²) in [4.78, 5) is 28.4. The van der Waals surface area contributed by atoms with E-state index in [1.165, 1.54) is 17.4 Å². The highest BCUT2D eigenvalue weighted by atomic mass is 32.1. The maximum atomic E-state index is 12.2. The molecule has 0 saturated heterocycles. The zero-order valence-corrected chi connectivity index (χ0v) is 14.7. The number of hydrogen-bond acceptors (Lipinski definition) is 7. The number of esters is 2. The molecule has 0 spiro atoms. The van der Waals surface area contributed by atoms with Gasteiger partial charge in [-0.15, -0.1) is 11.3 Å². The monoisotopic (exact) mass is 369 g/mol. The Labute approximate surface area is 154 Å². The number of methoxy groups -OCH3 is 1. The largest absolute Gasteiger partial charge is 0.423 e. The van der Waals surface area contributed by atoms with Crippen LogP contribution in [0.4, 0.5) is 0 Å². The van der Waals surface area contributed by atoms with Gasteiger partial charge in [-0.1, -0.05) is 24.3 Å². The van der Waals surface area contributed by atoms with Gasteiger partial charge in [0.25, 0.3) is 0 Å². The van der Waals surface area contributed by atoms with Crippen LogP contribution in [0.2, 0.25) is 0 Å². The van der Waals surface area contributed by atoms with Gasteiger partial charge in [0.05, 0.1) is 12.2 Å². The minimum absolute atomic E-state index is 0.203. The number of carbonyl (C=O) groups excluding carboxylic acids is 2. The molecule has 2 aromatic carbocycles. The van der Waals surface area contributed by atoms with Gasteiger partial charge < -0.3 is 14.2 Å². The van der Waals surface area contributed by atoms with Crippen molar-refractivity contribution in [2.45, 2.75) is 6.61 Å². The molecule has 0 fully saturated rings. The van der Waals surface area contributed by atoms with Crippen LogP contribution >= 0.6 is 11.3 Å². The van der Waals surface area contributed by atoms with Gasteiger partial charge in [-0.25, -0.2) is 14.6 Å². The molecule has 3 aromatic rings. The van der Waals surface area contributed by atoms with Crippen LogP contribution < -0.4 is 9.47 Å². The van der Waals surface area contributed by atoms with Gasteiger partial charge in [0, 0.05) is 18.6 Å². The molecule has 0 N–H and O–H groups in total. The number of aromatic nitrogens is 1. The number of hydrogen-bond donors (Lipinski definition) is 0. The molecule has 0 amide bonds. The Morgan fingerprint density at radius 3 is 2.35 bits per heavy atom. The fraction of sp³-hybridized carbons (Fsp3) is 0.105. The van der Waals surface area contributed by atoms with Gasteiger partial charge in [0.2, 0.25) is 0 Å². The molecule has 0 atom stereocenters. The van der Waals surface area contributed by atoms with Crippen molar-refractivity contribution in [3.05, 3.63) is 76.2 Å². The first-order valence-corrected chi connectivity index (χ1v) is 8.56. The minimum Gasteiger partial charge on any atom is -0.423 e. The Morgan fingerprint density at radius 2 is 1.65 bits per heavy atom. The first-order valence-electron chi connectivity index (χ1n) is 7.68. The zero-order chi connectivity index (χ0) is 18.4. The molecule has 7 heteroatoms. The van der Waals surface area contributed by atoms with Gasteiger partial charge in [0.15, 0.2) is 5.69 Å². The summed E-state index contributed by atoms with van der Waals surface area (Å²) in [5.74, 6) is -0.537. The summed E-state index contributed by atoms with van der Waals surface area (Å²) in [5, 5.41) is 2.29. The number of benzene rings is 2. The fourth-order valence-electron chi connectivity index (χ4n) is 2.10. The van der Waals surface area contributed by atoms with Gasteiger partial charge in [-0.05, 0) is 24.3 Å². The van der Waals surface area contributed by atoms with Crippen molar-refractivity contribution < 1.29 is 23.8 Å². The molecule has 3 rings (SSSR count). The quantitative estimate of drug-likeness (QED) is 0.487. The van der Waals surface area contributed by atoms with Crippen LogP contribution in [0.1, 0.15) is 25.9 Å². The molecule has 0 aliphatic heterocycles. The van der Waals surface area contributed by atoms with E-state index in [-0.39, 0.29) is 17.2 Å². The molecule has 0 saturated carbocycles. The van der Waals surface area contributed by atoms with E-state index in [1.807, 2.05) is 6.07 Å². The minimum atomic E-state index is -0.588. The Balaban J connectivity index is 1.67. The fourth-order valence-corrected chi connectivity index (χ4v) is 2.83. The Kier molecular flexibility index (Phi) is 5.73. The van der Waals surface area contributed by atoms with Crippen LogP contribution in [0.15, 0.2) is 60.0 Å². The number of rotatable bonds is 6. The highest BCUT2D eigenvalue weighted by molar-refractivity contribution is 7.09. The molecule has 26 heavy (non-hydrogen) atoms. The van der Waals surface area contributed by atoms with E-state index < -0.39 is 11.9 Å². The molecule has 1 aromatic heterocycles. The number of nitrogens with zero attached hydrogens (tertiary/aromatic N) is 1. The van der Waals surface area contributed by atoms with Crippen LogP contribution in [0.3, 0.4) is 0 Å². The molecule has 132 valence electrons. The lowest BCUT2D eigenvalue weighted by Gasteiger charge is -2.07. The van der Waals surface area contributed by atoms with Crippen molar-refractivity contribution in [2.75, 3.05) is 7.11 Å². The van der Waals surface area contributed by atoms with Gasteiger partial charge in [-0.3, -0.25) is 0 Å². The van der Waals surface area contributed by atoms with Crippen LogP contribution in [0.25, 0.3) is 0 Å². The van der Waals surface area contributed by atoms with Crippen LogP contribution in [-0.2, 0) is 11.3 Å². The summed E-state index contributed by atoms with van der Waals surface area (Å²) in [6, 6.07) is 14.9. The number of thiazole rings is 1. The van der Waals surface area contributed by atoms with Crippen molar-refractivity contribution in [3.8, 4) is 11.5 Å². The van der Waals surface area contributed by atoms with E-state index in [4.69, 9.17) is 14.2 Å². The van der Waals surface area contributed by atoms with E-state index in [1.54, 1.807) is 55.0 Å². The highest BCUT2D eigenvalue weighted by Crippen LogP contribution is 2.22. The van der Waals surface area contributed by atoms with Crippen LogP contribution in [-0.4, -0.2) is 24.0 Å². The van der Waals surface area contributed by atoms with Crippen molar-refractivity contribution in [1.82, 2.24) is 4.98 Å². The van der Waals surface area contributed by atoms with Gasteiger partial charge >= 0.3 is 11.9 Å². The molecule has 0 aliphatic carbocycles. The summed E-state index contributed by atoms with van der Waals surface area (Å²) in [6.45, 7) is 0.336. The van der Waals surface area contributed by atoms with Crippen molar-refractivity contribution in [2.24, 2.45) is 0 Å². The second-order valence-electron chi connectivity index (χ2n) is 5.18. The van der Waals surface area contributed by atoms with Crippen molar-refractivity contribution in [1.29, 1.82) is 0 Å². The van der Waals surface area contributed by atoms with E-state index in [0.29, 0.717) is 17.2 Å². The zero-order valence-electron chi connectivity index (χ0n) is 13.9. The summed E-state index contributed by atoms with van der Waals surface area (Å²) in [6.07, 6.45) is 0. The third kappa shape index (κ3) is 4.53. The molecular weight excluding hydrogens is 354 g/mol. The van der Waals surface area contributed by atoms with Gasteiger partial charge in [-0.2, -0.15) is 0 Å². The second-order valence-corrected chi connectivity index (χ2v) is 6.12. The predicted molar refractivity (Wildman–Crippen MR) is 95.6 cm³/mol. The van der Waals surface area contributed by atoms with Crippen molar-refractivity contribution in [3.63, 3.8) is 0 Å². The first-order chi connectivity index (χ1) is 12.7. The molecule has 0 bridgehead atoms. The Bertz CT molecular complexity index is 907. The SMILES string of the molecule is COCc1nc(C(=O)Oc2cccc(OC(=O)c3ccccc3)c2)cs1. The normalized spacial score (nSPS) is 10.3. The Hall–Kier alpha value is -3.03. The predicted octanol–water partition coefficient (Wildman–Crippen LogP) is 3.73. The van der Waals surface area contributed by atoms with E-state index in [2.05, 4.69) is 4.98 Å². The third-order valence-corrected chi connectivity index (χ3v) is 4.09. The summed E-state index contributed by atoms with van der Waals surface area (Å²) in [5.41, 5.74) is 0.636.